The second-order valence-electron chi connectivity index (χ2n) is 8.00. The highest BCUT2D eigenvalue weighted by Gasteiger charge is 2.51. The van der Waals surface area contributed by atoms with Crippen LogP contribution in [0.4, 0.5) is 14.6 Å². The molecule has 12 heteroatoms. The number of halogens is 2. The van der Waals surface area contributed by atoms with Crippen molar-refractivity contribution in [3.05, 3.63) is 83.7 Å². The lowest BCUT2D eigenvalue weighted by Gasteiger charge is -2.20. The van der Waals surface area contributed by atoms with Crippen molar-refractivity contribution in [2.24, 2.45) is 0 Å². The summed E-state index contributed by atoms with van der Waals surface area (Å²) in [6, 6.07) is 14.5. The first kappa shape index (κ1) is 23.3. The Balaban J connectivity index is 1.48. The molecule has 2 aromatic heterocycles. The van der Waals surface area contributed by atoms with Gasteiger partial charge >= 0.3 is 18.0 Å². The largest absolute Gasteiger partial charge is 0.449 e. The fourth-order valence-electron chi connectivity index (χ4n) is 3.87. The molecule has 0 radical (unpaired) electrons. The van der Waals surface area contributed by atoms with Gasteiger partial charge in [0, 0.05) is 0 Å². The van der Waals surface area contributed by atoms with Crippen LogP contribution in [0, 0.1) is 13.0 Å². The van der Waals surface area contributed by atoms with E-state index in [1.54, 1.807) is 43.3 Å². The van der Waals surface area contributed by atoms with E-state index >= 15 is 4.39 Å². The topological polar surface area (TPSA) is 131 Å². The molecule has 184 valence electrons. The minimum Gasteiger partial charge on any atom is -0.449 e. The molecule has 10 nitrogen and oxygen atoms in total. The lowest BCUT2D eigenvalue weighted by Crippen LogP contribution is -2.36. The summed E-state index contributed by atoms with van der Waals surface area (Å²) < 4.78 is 47.2. The number of hydrogen-bond acceptors (Lipinski definition) is 9. The zero-order valence-corrected chi connectivity index (χ0v) is 18.7. The predicted molar refractivity (Wildman–Crippen MR) is 121 cm³/mol. The summed E-state index contributed by atoms with van der Waals surface area (Å²) in [5, 5.41) is 0. The van der Waals surface area contributed by atoms with Crippen molar-refractivity contribution >= 4 is 28.9 Å². The van der Waals surface area contributed by atoms with E-state index in [0.717, 1.165) is 10.9 Å². The summed E-state index contributed by atoms with van der Waals surface area (Å²) in [5.41, 5.74) is 6.57. The Kier molecular flexibility index (Phi) is 6.02. The third kappa shape index (κ3) is 4.22. The second kappa shape index (κ2) is 9.30. The summed E-state index contributed by atoms with van der Waals surface area (Å²) >= 11 is 0. The monoisotopic (exact) mass is 495 g/mol. The van der Waals surface area contributed by atoms with E-state index in [4.69, 9.17) is 19.9 Å². The number of nitrogens with two attached hydrogens (primary N) is 1. The average molecular weight is 495 g/mol. The number of nitrogen functional groups attached to an aromatic ring is 1. The SMILES string of the molecule is Cc1ccccc1C(=O)O[C@H]1O[C@@H](n2cnc3c(N)nc(F)nc32)[C@@H](F)[C@@H]1OC(=O)c1ccccc1. The maximum absolute atomic E-state index is 15.8. The lowest BCUT2D eigenvalue weighted by molar-refractivity contribution is -0.148. The van der Waals surface area contributed by atoms with Gasteiger partial charge in [0.2, 0.25) is 6.29 Å². The fourth-order valence-corrected chi connectivity index (χ4v) is 3.87. The van der Waals surface area contributed by atoms with E-state index in [9.17, 15) is 14.0 Å². The Labute approximate surface area is 202 Å². The highest BCUT2D eigenvalue weighted by Crippen LogP contribution is 2.37. The maximum Gasteiger partial charge on any atom is 0.340 e. The molecule has 0 bridgehead atoms. The Bertz CT molecular complexity index is 1450. The number of nitrogens with zero attached hydrogens (tertiary/aromatic N) is 4. The minimum atomic E-state index is -2.05. The molecule has 2 aromatic carbocycles. The molecule has 1 saturated heterocycles. The minimum absolute atomic E-state index is 0.0189. The van der Waals surface area contributed by atoms with Crippen LogP contribution >= 0.6 is 0 Å². The number of fused-ring (bicyclic) bond motifs is 1. The molecule has 1 aliphatic rings. The van der Waals surface area contributed by atoms with Crippen LogP contribution in [0.3, 0.4) is 0 Å². The Morgan fingerprint density at radius 3 is 2.50 bits per heavy atom. The van der Waals surface area contributed by atoms with Crippen LogP contribution in [-0.4, -0.2) is 50.0 Å². The Hall–Kier alpha value is -4.45. The molecule has 0 spiro atoms. The average Bonchev–Trinajstić information content (AvgIpc) is 3.41. The number of aromatic nitrogens is 4. The van der Waals surface area contributed by atoms with Crippen molar-refractivity contribution in [3.8, 4) is 0 Å². The first-order valence-corrected chi connectivity index (χ1v) is 10.8. The third-order valence-electron chi connectivity index (χ3n) is 5.66. The summed E-state index contributed by atoms with van der Waals surface area (Å²) in [6.45, 7) is 1.70. The van der Waals surface area contributed by atoms with Gasteiger partial charge in [0.25, 0.3) is 0 Å². The van der Waals surface area contributed by atoms with Crippen LogP contribution in [-0.2, 0) is 14.2 Å². The number of carbonyl (C=O) groups excluding carboxylic acids is 2. The molecule has 3 heterocycles. The van der Waals surface area contributed by atoms with Crippen molar-refractivity contribution in [2.75, 3.05) is 5.73 Å². The van der Waals surface area contributed by atoms with Gasteiger partial charge in [0.1, 0.15) is 0 Å². The van der Waals surface area contributed by atoms with E-state index in [-0.39, 0.29) is 28.1 Å². The van der Waals surface area contributed by atoms with Gasteiger partial charge in [-0.2, -0.15) is 14.4 Å². The van der Waals surface area contributed by atoms with E-state index < -0.39 is 42.8 Å². The van der Waals surface area contributed by atoms with Crippen LogP contribution < -0.4 is 5.73 Å². The predicted octanol–water partition coefficient (Wildman–Crippen LogP) is 3.13. The van der Waals surface area contributed by atoms with Crippen molar-refractivity contribution in [1.29, 1.82) is 0 Å². The van der Waals surface area contributed by atoms with Crippen LogP contribution in [0.2, 0.25) is 0 Å². The number of rotatable bonds is 5. The number of esters is 2. The second-order valence-corrected chi connectivity index (χ2v) is 8.00. The molecule has 0 aliphatic carbocycles. The van der Waals surface area contributed by atoms with Crippen molar-refractivity contribution in [3.63, 3.8) is 0 Å². The van der Waals surface area contributed by atoms with E-state index in [1.165, 1.54) is 18.2 Å². The first-order chi connectivity index (χ1) is 17.3. The molecule has 4 atom stereocenters. The molecule has 5 rings (SSSR count). The van der Waals surface area contributed by atoms with Gasteiger partial charge in [-0.3, -0.25) is 4.57 Å². The van der Waals surface area contributed by atoms with Gasteiger partial charge in [-0.25, -0.2) is 19.0 Å². The Morgan fingerprint density at radius 2 is 1.75 bits per heavy atom. The molecule has 0 amide bonds. The van der Waals surface area contributed by atoms with Crippen LogP contribution in [0.5, 0.6) is 0 Å². The highest BCUT2D eigenvalue weighted by atomic mass is 19.1. The van der Waals surface area contributed by atoms with Gasteiger partial charge in [-0.05, 0) is 30.7 Å². The summed E-state index contributed by atoms with van der Waals surface area (Å²) in [5.74, 6) is -1.91. The molecule has 0 unspecified atom stereocenters. The van der Waals surface area contributed by atoms with Crippen molar-refractivity contribution < 1.29 is 32.6 Å². The van der Waals surface area contributed by atoms with Gasteiger partial charge in [0.15, 0.2) is 35.5 Å². The molecule has 4 aromatic rings. The van der Waals surface area contributed by atoms with E-state index in [1.807, 2.05) is 0 Å². The quantitative estimate of drug-likeness (QED) is 0.328. The number of benzene rings is 2. The number of ether oxygens (including phenoxy) is 3. The number of imidazole rings is 1. The smallest absolute Gasteiger partial charge is 0.340 e. The third-order valence-corrected chi connectivity index (χ3v) is 5.66. The van der Waals surface area contributed by atoms with Crippen molar-refractivity contribution in [1.82, 2.24) is 19.5 Å². The molecular weight excluding hydrogens is 476 g/mol. The molecule has 2 N–H and O–H groups in total. The van der Waals surface area contributed by atoms with E-state index in [0.29, 0.717) is 5.56 Å². The van der Waals surface area contributed by atoms with Crippen LogP contribution in [0.25, 0.3) is 11.2 Å². The number of carbonyl (C=O) groups is 2. The van der Waals surface area contributed by atoms with Gasteiger partial charge in [-0.1, -0.05) is 36.4 Å². The number of aryl methyl sites for hydroxylation is 1. The first-order valence-electron chi connectivity index (χ1n) is 10.8. The van der Waals surface area contributed by atoms with Crippen LogP contribution in [0.1, 0.15) is 32.5 Å². The molecular formula is C24H19F2N5O5. The van der Waals surface area contributed by atoms with Gasteiger partial charge in [0.05, 0.1) is 17.5 Å². The normalized spacial score (nSPS) is 21.4. The zero-order valence-electron chi connectivity index (χ0n) is 18.7. The number of alkyl halides is 1. The van der Waals surface area contributed by atoms with E-state index in [2.05, 4.69) is 15.0 Å². The molecule has 0 saturated carbocycles. The summed E-state index contributed by atoms with van der Waals surface area (Å²) in [6.07, 6.45) is -6.89. The fraction of sp³-hybridized carbons (Fsp3) is 0.208. The lowest BCUT2D eigenvalue weighted by atomic mass is 10.1. The van der Waals surface area contributed by atoms with Gasteiger partial charge in [-0.15, -0.1) is 0 Å². The van der Waals surface area contributed by atoms with Gasteiger partial charge < -0.3 is 19.9 Å². The summed E-state index contributed by atoms with van der Waals surface area (Å²) in [7, 11) is 0. The number of hydrogen-bond donors (Lipinski definition) is 1. The Morgan fingerprint density at radius 1 is 1.03 bits per heavy atom. The standard InChI is InChI=1S/C24H19F2N5O5/c1-12-7-5-6-10-14(12)22(33)36-23-17(34-21(32)13-8-3-2-4-9-13)15(25)20(35-23)31-11-28-16-18(27)29-24(26)30-19(16)31/h2-11,15,17,20,23H,1H3,(H2,27,29,30)/t15-,17-,20+,23+/m0/s1. The zero-order chi connectivity index (χ0) is 25.4. The maximum atomic E-state index is 15.8. The summed E-state index contributed by atoms with van der Waals surface area (Å²) in [4.78, 5) is 36.6. The molecule has 1 aliphatic heterocycles. The highest BCUT2D eigenvalue weighted by molar-refractivity contribution is 5.91. The van der Waals surface area contributed by atoms with Crippen LogP contribution in [0.15, 0.2) is 60.9 Å². The molecule has 1 fully saturated rings. The number of anilines is 1. The van der Waals surface area contributed by atoms with Crippen molar-refractivity contribution in [2.45, 2.75) is 31.7 Å². The molecule has 36 heavy (non-hydrogen) atoms.